The third-order valence-corrected chi connectivity index (χ3v) is 5.31. The van der Waals surface area contributed by atoms with Gasteiger partial charge in [0.1, 0.15) is 4.21 Å². The SMILES string of the molecule is O=C1CN(S(=O)(=O)c2cccs2)CCN1. The lowest BCUT2D eigenvalue weighted by molar-refractivity contribution is -0.122. The minimum Gasteiger partial charge on any atom is -0.354 e. The summed E-state index contributed by atoms with van der Waals surface area (Å²) in [6, 6.07) is 3.23. The fraction of sp³-hybridized carbons (Fsp3) is 0.375. The van der Waals surface area contributed by atoms with Gasteiger partial charge in [-0.1, -0.05) is 6.07 Å². The number of sulfonamides is 1. The smallest absolute Gasteiger partial charge is 0.253 e. The van der Waals surface area contributed by atoms with Crippen molar-refractivity contribution in [3.8, 4) is 0 Å². The second-order valence-corrected chi connectivity index (χ2v) is 6.23. The van der Waals surface area contributed by atoms with Gasteiger partial charge in [-0.3, -0.25) is 4.79 Å². The Morgan fingerprint density at radius 3 is 2.87 bits per heavy atom. The fourth-order valence-electron chi connectivity index (χ4n) is 1.36. The van der Waals surface area contributed by atoms with Crippen LogP contribution in [0, 0.1) is 0 Å². The van der Waals surface area contributed by atoms with Gasteiger partial charge in [0.25, 0.3) is 10.0 Å². The van der Waals surface area contributed by atoms with Crippen molar-refractivity contribution < 1.29 is 13.2 Å². The number of amides is 1. The number of hydrogen-bond acceptors (Lipinski definition) is 4. The molecule has 1 amide bonds. The van der Waals surface area contributed by atoms with Gasteiger partial charge < -0.3 is 5.32 Å². The molecule has 0 spiro atoms. The molecule has 2 heterocycles. The lowest BCUT2D eigenvalue weighted by Gasteiger charge is -2.25. The van der Waals surface area contributed by atoms with Crippen LogP contribution in [0.2, 0.25) is 0 Å². The summed E-state index contributed by atoms with van der Waals surface area (Å²) >= 11 is 1.16. The summed E-state index contributed by atoms with van der Waals surface area (Å²) in [7, 11) is -3.46. The molecule has 15 heavy (non-hydrogen) atoms. The molecule has 0 bridgehead atoms. The topological polar surface area (TPSA) is 66.5 Å². The van der Waals surface area contributed by atoms with E-state index in [0.29, 0.717) is 13.1 Å². The van der Waals surface area contributed by atoms with Crippen LogP contribution in [-0.4, -0.2) is 38.3 Å². The molecule has 1 aliphatic heterocycles. The maximum atomic E-state index is 12.0. The number of hydrogen-bond donors (Lipinski definition) is 1. The summed E-state index contributed by atoms with van der Waals surface area (Å²) in [5.41, 5.74) is 0. The zero-order valence-corrected chi connectivity index (χ0v) is 9.47. The van der Waals surface area contributed by atoms with Crippen LogP contribution in [0.4, 0.5) is 0 Å². The Morgan fingerprint density at radius 1 is 1.47 bits per heavy atom. The monoisotopic (exact) mass is 246 g/mol. The Bertz CT molecular complexity index is 452. The molecule has 7 heteroatoms. The standard InChI is InChI=1S/C8H10N2O3S2/c11-7-6-10(4-3-9-7)15(12,13)8-2-1-5-14-8/h1-2,5H,3-4,6H2,(H,9,11). The molecular formula is C8H10N2O3S2. The van der Waals surface area contributed by atoms with E-state index in [0.717, 1.165) is 11.3 Å². The van der Waals surface area contributed by atoms with E-state index in [2.05, 4.69) is 5.32 Å². The first kappa shape index (κ1) is 10.6. The van der Waals surface area contributed by atoms with Crippen molar-refractivity contribution >= 4 is 27.3 Å². The number of piperazine rings is 1. The molecule has 1 aromatic rings. The molecule has 5 nitrogen and oxygen atoms in total. The molecule has 1 N–H and O–H groups in total. The van der Waals surface area contributed by atoms with Gasteiger partial charge in [0.05, 0.1) is 6.54 Å². The molecule has 0 atom stereocenters. The van der Waals surface area contributed by atoms with E-state index in [4.69, 9.17) is 0 Å². The van der Waals surface area contributed by atoms with Gasteiger partial charge in [-0.15, -0.1) is 11.3 Å². The molecule has 0 aromatic carbocycles. The van der Waals surface area contributed by atoms with Gasteiger partial charge in [0.2, 0.25) is 5.91 Å². The van der Waals surface area contributed by atoms with Gasteiger partial charge in [0.15, 0.2) is 0 Å². The van der Waals surface area contributed by atoms with Crippen LogP contribution in [0.5, 0.6) is 0 Å². The lowest BCUT2D eigenvalue weighted by atomic mass is 10.4. The Balaban J connectivity index is 2.26. The second-order valence-electron chi connectivity index (χ2n) is 3.12. The Kier molecular flexibility index (Phi) is 2.76. The van der Waals surface area contributed by atoms with Crippen molar-refractivity contribution in [1.82, 2.24) is 9.62 Å². The average Bonchev–Trinajstić information content (AvgIpc) is 2.71. The molecule has 1 fully saturated rings. The Labute approximate surface area is 91.8 Å². The van der Waals surface area contributed by atoms with Crippen molar-refractivity contribution in [1.29, 1.82) is 0 Å². The zero-order valence-electron chi connectivity index (χ0n) is 7.84. The maximum absolute atomic E-state index is 12.0. The van der Waals surface area contributed by atoms with Crippen molar-refractivity contribution in [3.05, 3.63) is 17.5 Å². The van der Waals surface area contributed by atoms with Crippen molar-refractivity contribution in [2.24, 2.45) is 0 Å². The van der Waals surface area contributed by atoms with Crippen LogP contribution in [0.25, 0.3) is 0 Å². The van der Waals surface area contributed by atoms with E-state index >= 15 is 0 Å². The summed E-state index contributed by atoms with van der Waals surface area (Å²) in [6.45, 7) is 0.635. The highest BCUT2D eigenvalue weighted by molar-refractivity contribution is 7.91. The molecule has 1 saturated heterocycles. The summed E-state index contributed by atoms with van der Waals surface area (Å²) in [4.78, 5) is 11.1. The van der Waals surface area contributed by atoms with E-state index in [9.17, 15) is 13.2 Å². The number of rotatable bonds is 2. The molecule has 2 rings (SSSR count). The highest BCUT2D eigenvalue weighted by Crippen LogP contribution is 2.20. The minimum atomic E-state index is -3.46. The zero-order chi connectivity index (χ0) is 10.9. The summed E-state index contributed by atoms with van der Waals surface area (Å²) in [5, 5.41) is 4.29. The first-order valence-electron chi connectivity index (χ1n) is 4.41. The number of nitrogens with zero attached hydrogens (tertiary/aromatic N) is 1. The van der Waals surface area contributed by atoms with Crippen LogP contribution in [-0.2, 0) is 14.8 Å². The molecule has 0 unspecified atom stereocenters. The predicted molar refractivity (Wildman–Crippen MR) is 56.1 cm³/mol. The number of carbonyl (C=O) groups excluding carboxylic acids is 1. The quantitative estimate of drug-likeness (QED) is 0.790. The Morgan fingerprint density at radius 2 is 2.27 bits per heavy atom. The summed E-state index contributed by atoms with van der Waals surface area (Å²) in [6.07, 6.45) is 0. The van der Waals surface area contributed by atoms with Gasteiger partial charge in [0, 0.05) is 13.1 Å². The predicted octanol–water partition coefficient (Wildman–Crippen LogP) is -0.131. The molecular weight excluding hydrogens is 236 g/mol. The van der Waals surface area contributed by atoms with Crippen LogP contribution in [0.3, 0.4) is 0 Å². The molecule has 1 aliphatic rings. The fourth-order valence-corrected chi connectivity index (χ4v) is 3.90. The summed E-state index contributed by atoms with van der Waals surface area (Å²) < 4.78 is 25.4. The van der Waals surface area contributed by atoms with Crippen molar-refractivity contribution in [2.45, 2.75) is 4.21 Å². The van der Waals surface area contributed by atoms with Crippen LogP contribution >= 0.6 is 11.3 Å². The van der Waals surface area contributed by atoms with Gasteiger partial charge >= 0.3 is 0 Å². The van der Waals surface area contributed by atoms with Gasteiger partial charge in [-0.25, -0.2) is 8.42 Å². The lowest BCUT2D eigenvalue weighted by Crippen LogP contribution is -2.49. The van der Waals surface area contributed by atoms with E-state index < -0.39 is 10.0 Å². The maximum Gasteiger partial charge on any atom is 0.253 e. The molecule has 82 valence electrons. The highest BCUT2D eigenvalue weighted by atomic mass is 32.2. The largest absolute Gasteiger partial charge is 0.354 e. The third kappa shape index (κ3) is 2.04. The average molecular weight is 246 g/mol. The van der Waals surface area contributed by atoms with Crippen molar-refractivity contribution in [2.75, 3.05) is 19.6 Å². The Hall–Kier alpha value is -0.920. The van der Waals surface area contributed by atoms with Crippen LogP contribution in [0.15, 0.2) is 21.7 Å². The molecule has 0 saturated carbocycles. The van der Waals surface area contributed by atoms with E-state index in [1.807, 2.05) is 0 Å². The number of thiophene rings is 1. The first-order chi connectivity index (χ1) is 7.10. The number of carbonyl (C=O) groups is 1. The third-order valence-electron chi connectivity index (χ3n) is 2.09. The van der Waals surface area contributed by atoms with Crippen LogP contribution in [0.1, 0.15) is 0 Å². The normalized spacial score (nSPS) is 18.8. The van der Waals surface area contributed by atoms with E-state index in [1.165, 1.54) is 4.31 Å². The van der Waals surface area contributed by atoms with Gasteiger partial charge in [-0.2, -0.15) is 4.31 Å². The molecule has 1 aromatic heterocycles. The van der Waals surface area contributed by atoms with Crippen LogP contribution < -0.4 is 5.32 Å². The van der Waals surface area contributed by atoms with Gasteiger partial charge in [-0.05, 0) is 11.4 Å². The highest BCUT2D eigenvalue weighted by Gasteiger charge is 2.29. The number of nitrogens with one attached hydrogen (secondary N) is 1. The van der Waals surface area contributed by atoms with Crippen molar-refractivity contribution in [3.63, 3.8) is 0 Å². The summed E-state index contributed by atoms with van der Waals surface area (Å²) in [5.74, 6) is -0.249. The van der Waals surface area contributed by atoms with E-state index in [-0.39, 0.29) is 16.7 Å². The second kappa shape index (κ2) is 3.92. The van der Waals surface area contributed by atoms with E-state index in [1.54, 1.807) is 17.5 Å². The molecule has 0 radical (unpaired) electrons. The molecule has 0 aliphatic carbocycles. The minimum absolute atomic E-state index is 0.0831. The first-order valence-corrected chi connectivity index (χ1v) is 6.73.